The van der Waals surface area contributed by atoms with Gasteiger partial charge in [-0.3, -0.25) is 4.79 Å². The van der Waals surface area contributed by atoms with Gasteiger partial charge in [0.15, 0.2) is 0 Å². The van der Waals surface area contributed by atoms with E-state index in [2.05, 4.69) is 9.73 Å². The summed E-state index contributed by atoms with van der Waals surface area (Å²) < 4.78 is 42.0. The van der Waals surface area contributed by atoms with E-state index in [0.29, 0.717) is 0 Å². The fourth-order valence-electron chi connectivity index (χ4n) is 1.46. The molecule has 0 radical (unpaired) electrons. The van der Waals surface area contributed by atoms with Crippen LogP contribution in [-0.4, -0.2) is 5.91 Å². The van der Waals surface area contributed by atoms with Crippen LogP contribution in [0.15, 0.2) is 41.0 Å². The van der Waals surface area contributed by atoms with Gasteiger partial charge in [0, 0.05) is 0 Å². The van der Waals surface area contributed by atoms with E-state index in [9.17, 15) is 18.0 Å². The van der Waals surface area contributed by atoms with Crippen LogP contribution in [0.25, 0.3) is 0 Å². The zero-order valence-corrected chi connectivity index (χ0v) is 10.0. The Kier molecular flexibility index (Phi) is 3.53. The minimum absolute atomic E-state index is 0.225. The van der Waals surface area contributed by atoms with Crippen LogP contribution in [0.4, 0.5) is 18.9 Å². The van der Waals surface area contributed by atoms with Gasteiger partial charge in [-0.25, -0.2) is 0 Å². The van der Waals surface area contributed by atoms with Crippen LogP contribution in [0.3, 0.4) is 0 Å². The third kappa shape index (κ3) is 2.90. The molecule has 0 unspecified atom stereocenters. The molecule has 0 aliphatic rings. The van der Waals surface area contributed by atoms with Crippen molar-refractivity contribution in [3.05, 3.63) is 52.9 Å². The quantitative estimate of drug-likeness (QED) is 0.900. The summed E-state index contributed by atoms with van der Waals surface area (Å²) >= 11 is 5.80. The molecule has 1 N–H and O–H groups in total. The van der Waals surface area contributed by atoms with Crippen molar-refractivity contribution in [2.24, 2.45) is 0 Å². The molecular weight excluding hydrogens is 283 g/mol. The van der Waals surface area contributed by atoms with E-state index in [-0.39, 0.29) is 10.7 Å². The fourth-order valence-corrected chi connectivity index (χ4v) is 1.64. The molecule has 0 spiro atoms. The van der Waals surface area contributed by atoms with E-state index in [1.54, 1.807) is 12.1 Å². The number of halogens is 4. The highest BCUT2D eigenvalue weighted by Crippen LogP contribution is 2.33. The van der Waals surface area contributed by atoms with Crippen LogP contribution < -0.4 is 5.32 Å². The van der Waals surface area contributed by atoms with Crippen molar-refractivity contribution >= 4 is 23.2 Å². The maximum atomic E-state index is 12.6. The average Bonchev–Trinajstić information content (AvgIpc) is 2.81. The second-order valence-corrected chi connectivity index (χ2v) is 4.00. The number of alkyl halides is 3. The van der Waals surface area contributed by atoms with Crippen LogP contribution in [-0.2, 0) is 6.18 Å². The Labute approximate surface area is 111 Å². The first-order valence-corrected chi connectivity index (χ1v) is 5.48. The Morgan fingerprint density at radius 2 is 1.89 bits per heavy atom. The first-order valence-electron chi connectivity index (χ1n) is 5.10. The summed E-state index contributed by atoms with van der Waals surface area (Å²) in [7, 11) is 0. The normalized spacial score (nSPS) is 11.4. The summed E-state index contributed by atoms with van der Waals surface area (Å²) in [6.45, 7) is 0. The Hall–Kier alpha value is -1.95. The highest BCUT2D eigenvalue weighted by atomic mass is 35.5. The number of nitrogens with one attached hydrogen (secondary N) is 1. The van der Waals surface area contributed by atoms with E-state index in [4.69, 9.17) is 11.6 Å². The predicted octanol–water partition coefficient (Wildman–Crippen LogP) is 4.20. The van der Waals surface area contributed by atoms with Gasteiger partial charge >= 0.3 is 6.18 Å². The second-order valence-electron chi connectivity index (χ2n) is 3.60. The van der Waals surface area contributed by atoms with E-state index in [1.807, 2.05) is 0 Å². The van der Waals surface area contributed by atoms with Gasteiger partial charge in [0.2, 0.25) is 5.76 Å². The third-order valence-corrected chi connectivity index (χ3v) is 2.62. The smallest absolute Gasteiger partial charge is 0.450 e. The molecule has 0 saturated carbocycles. The topological polar surface area (TPSA) is 42.2 Å². The van der Waals surface area contributed by atoms with Crippen LogP contribution in [0.2, 0.25) is 5.02 Å². The van der Waals surface area contributed by atoms with Gasteiger partial charge in [-0.15, -0.1) is 0 Å². The minimum Gasteiger partial charge on any atom is -0.459 e. The Morgan fingerprint density at radius 1 is 1.21 bits per heavy atom. The Balaban J connectivity index is 2.27. The van der Waals surface area contributed by atoms with Gasteiger partial charge in [0.1, 0.15) is 0 Å². The highest BCUT2D eigenvalue weighted by molar-refractivity contribution is 6.33. The van der Waals surface area contributed by atoms with Crippen LogP contribution in [0.1, 0.15) is 16.1 Å². The van der Waals surface area contributed by atoms with Crippen molar-refractivity contribution in [3.8, 4) is 0 Å². The molecule has 0 fully saturated rings. The molecule has 0 saturated heterocycles. The summed E-state index contributed by atoms with van der Waals surface area (Å²) in [5, 5.41) is 2.52. The zero-order valence-electron chi connectivity index (χ0n) is 9.29. The fraction of sp³-hybridized carbons (Fsp3) is 0.0833. The first kappa shape index (κ1) is 13.5. The molecule has 2 rings (SSSR count). The van der Waals surface area contributed by atoms with Gasteiger partial charge < -0.3 is 9.73 Å². The van der Waals surface area contributed by atoms with Crippen molar-refractivity contribution in [2.45, 2.75) is 6.18 Å². The van der Waals surface area contributed by atoms with Gasteiger partial charge in [-0.05, 0) is 18.2 Å². The monoisotopic (exact) mass is 289 g/mol. The number of hydrogen-bond donors (Lipinski definition) is 1. The third-order valence-electron chi connectivity index (χ3n) is 2.29. The molecule has 1 amide bonds. The molecule has 100 valence electrons. The highest BCUT2D eigenvalue weighted by Gasteiger charge is 2.39. The molecule has 1 heterocycles. The lowest BCUT2D eigenvalue weighted by Gasteiger charge is -2.08. The van der Waals surface area contributed by atoms with Crippen LogP contribution in [0, 0.1) is 0 Å². The van der Waals surface area contributed by atoms with Gasteiger partial charge in [-0.2, -0.15) is 13.2 Å². The van der Waals surface area contributed by atoms with Crippen molar-refractivity contribution in [3.63, 3.8) is 0 Å². The molecule has 2 aromatic rings. The molecule has 0 aliphatic carbocycles. The van der Waals surface area contributed by atoms with Gasteiger partial charge in [0.25, 0.3) is 5.91 Å². The second kappa shape index (κ2) is 4.97. The number of carbonyl (C=O) groups excluding carboxylic acids is 1. The van der Waals surface area contributed by atoms with Gasteiger partial charge in [-0.1, -0.05) is 23.7 Å². The van der Waals surface area contributed by atoms with E-state index in [1.165, 1.54) is 12.1 Å². The molecule has 19 heavy (non-hydrogen) atoms. The lowest BCUT2D eigenvalue weighted by Crippen LogP contribution is -2.17. The van der Waals surface area contributed by atoms with Crippen LogP contribution >= 0.6 is 11.6 Å². The van der Waals surface area contributed by atoms with Crippen molar-refractivity contribution < 1.29 is 22.4 Å². The summed E-state index contributed by atoms with van der Waals surface area (Å²) in [4.78, 5) is 11.8. The Bertz CT molecular complexity index is 607. The largest absolute Gasteiger partial charge is 0.459 e. The van der Waals surface area contributed by atoms with Crippen molar-refractivity contribution in [1.82, 2.24) is 0 Å². The molecule has 1 aromatic heterocycles. The maximum Gasteiger partial charge on any atom is 0.450 e. The molecule has 0 atom stereocenters. The summed E-state index contributed by atoms with van der Waals surface area (Å²) in [6, 6.07) is 7.18. The summed E-state index contributed by atoms with van der Waals surface area (Å²) in [6.07, 6.45) is -3.92. The zero-order chi connectivity index (χ0) is 14.0. The lowest BCUT2D eigenvalue weighted by atomic mass is 10.2. The van der Waals surface area contributed by atoms with E-state index >= 15 is 0 Å². The SMILES string of the molecule is O=C(Nc1ccccc1Cl)c1ccoc1C(F)(F)F. The standard InChI is InChI=1S/C12H7ClF3NO2/c13-8-3-1-2-4-9(8)17-11(18)7-5-6-19-10(7)12(14,15)16/h1-6H,(H,17,18). The molecular formula is C12H7ClF3NO2. The maximum absolute atomic E-state index is 12.6. The summed E-state index contributed by atoms with van der Waals surface area (Å²) in [5.74, 6) is -2.27. The van der Waals surface area contributed by atoms with E-state index in [0.717, 1.165) is 12.3 Å². The van der Waals surface area contributed by atoms with E-state index < -0.39 is 23.4 Å². The predicted molar refractivity (Wildman–Crippen MR) is 63.1 cm³/mol. The number of anilines is 1. The number of hydrogen-bond acceptors (Lipinski definition) is 2. The first-order chi connectivity index (χ1) is 8.89. The summed E-state index contributed by atoms with van der Waals surface area (Å²) in [5.41, 5.74) is -0.365. The van der Waals surface area contributed by atoms with Crippen LogP contribution in [0.5, 0.6) is 0 Å². The molecule has 0 aliphatic heterocycles. The molecule has 3 nitrogen and oxygen atoms in total. The average molecular weight is 290 g/mol. The molecule has 0 bridgehead atoms. The van der Waals surface area contributed by atoms with Crippen molar-refractivity contribution in [2.75, 3.05) is 5.32 Å². The number of rotatable bonds is 2. The minimum atomic E-state index is -4.73. The number of furan rings is 1. The van der Waals surface area contributed by atoms with Crippen molar-refractivity contribution in [1.29, 1.82) is 0 Å². The van der Waals surface area contributed by atoms with Gasteiger partial charge in [0.05, 0.1) is 22.5 Å². The number of carbonyl (C=O) groups is 1. The number of para-hydroxylation sites is 1. The number of benzene rings is 1. The Morgan fingerprint density at radius 3 is 2.53 bits per heavy atom. The number of amides is 1. The lowest BCUT2D eigenvalue weighted by molar-refractivity contribution is -0.153. The molecule has 7 heteroatoms. The molecule has 1 aromatic carbocycles.